The molecule has 180 valence electrons. The van der Waals surface area contributed by atoms with Gasteiger partial charge in [0.05, 0.1) is 25.5 Å². The fourth-order valence-corrected chi connectivity index (χ4v) is 3.43. The lowest BCUT2D eigenvalue weighted by Crippen LogP contribution is -2.35. The van der Waals surface area contributed by atoms with Crippen molar-refractivity contribution in [3.8, 4) is 11.5 Å². The molecule has 2 aromatic rings. The fraction of sp³-hybridized carbons (Fsp3) is 0.346. The molecule has 0 bridgehead atoms. The molecule has 1 aliphatic heterocycles. The van der Waals surface area contributed by atoms with Crippen molar-refractivity contribution < 1.29 is 28.6 Å². The van der Waals surface area contributed by atoms with Crippen molar-refractivity contribution in [3.05, 3.63) is 59.2 Å². The standard InChI is InChI=1S/C26H30N2O6/c1-4-14-33-23-13-12-20(24(18(23)2)34-16-9-8-15-32-19(3)29)17-22-25(30)27-28(26(22)31)21-10-6-5-7-11-21/h5-7,10-13,17H,4,8-9,14-16H2,1-3H3,(H,27,30)/b22-17-. The molecular formula is C26H30N2O6. The predicted molar refractivity (Wildman–Crippen MR) is 128 cm³/mol. The SMILES string of the molecule is CCCOc1ccc(/C=C2/C(=O)NN(c3ccccc3)C2=O)c(OCCCCOC(C)=O)c1C. The van der Waals surface area contributed by atoms with Crippen LogP contribution in [0.5, 0.6) is 11.5 Å². The summed E-state index contributed by atoms with van der Waals surface area (Å²) < 4.78 is 16.8. The monoisotopic (exact) mass is 466 g/mol. The van der Waals surface area contributed by atoms with Crippen LogP contribution in [0.25, 0.3) is 6.08 Å². The van der Waals surface area contributed by atoms with Crippen LogP contribution < -0.4 is 19.9 Å². The number of hydrogen-bond donors (Lipinski definition) is 1. The Kier molecular flexibility index (Phi) is 8.67. The molecule has 0 aliphatic carbocycles. The topological polar surface area (TPSA) is 94.2 Å². The first-order valence-corrected chi connectivity index (χ1v) is 11.4. The largest absolute Gasteiger partial charge is 0.493 e. The maximum absolute atomic E-state index is 13.0. The van der Waals surface area contributed by atoms with Gasteiger partial charge in [0.2, 0.25) is 0 Å². The van der Waals surface area contributed by atoms with Gasteiger partial charge in [-0.2, -0.15) is 0 Å². The third-order valence-corrected chi connectivity index (χ3v) is 5.14. The van der Waals surface area contributed by atoms with E-state index in [1.807, 2.05) is 26.0 Å². The number of unbranched alkanes of at least 4 members (excludes halogenated alkanes) is 1. The summed E-state index contributed by atoms with van der Waals surface area (Å²) in [6, 6.07) is 12.5. The molecule has 2 amide bonds. The van der Waals surface area contributed by atoms with Gasteiger partial charge in [-0.25, -0.2) is 5.01 Å². The van der Waals surface area contributed by atoms with Gasteiger partial charge < -0.3 is 14.2 Å². The molecule has 2 aromatic carbocycles. The fourth-order valence-electron chi connectivity index (χ4n) is 3.43. The highest BCUT2D eigenvalue weighted by Crippen LogP contribution is 2.34. The van der Waals surface area contributed by atoms with Gasteiger partial charge in [-0.1, -0.05) is 25.1 Å². The number of anilines is 1. The van der Waals surface area contributed by atoms with Gasteiger partial charge in [0.25, 0.3) is 11.8 Å². The number of nitrogens with one attached hydrogen (secondary N) is 1. The number of para-hydroxylation sites is 1. The average molecular weight is 467 g/mol. The molecule has 0 saturated carbocycles. The van der Waals surface area contributed by atoms with Crippen molar-refractivity contribution in [1.29, 1.82) is 0 Å². The van der Waals surface area contributed by atoms with Crippen molar-refractivity contribution in [2.24, 2.45) is 0 Å². The Morgan fingerprint density at radius 2 is 1.74 bits per heavy atom. The Morgan fingerprint density at radius 3 is 2.44 bits per heavy atom. The lowest BCUT2D eigenvalue weighted by atomic mass is 10.0. The summed E-state index contributed by atoms with van der Waals surface area (Å²) >= 11 is 0. The Labute approximate surface area is 199 Å². The summed E-state index contributed by atoms with van der Waals surface area (Å²) in [4.78, 5) is 36.5. The Hall–Kier alpha value is -3.81. The molecule has 1 N–H and O–H groups in total. The highest BCUT2D eigenvalue weighted by molar-refractivity contribution is 6.31. The van der Waals surface area contributed by atoms with Crippen LogP contribution in [0.4, 0.5) is 5.69 Å². The number of rotatable bonds is 11. The minimum Gasteiger partial charge on any atom is -0.493 e. The van der Waals surface area contributed by atoms with Gasteiger partial charge in [0.15, 0.2) is 0 Å². The molecule has 34 heavy (non-hydrogen) atoms. The minimum absolute atomic E-state index is 0.0187. The third kappa shape index (κ3) is 6.15. The predicted octanol–water partition coefficient (Wildman–Crippen LogP) is 3.97. The Bertz CT molecular complexity index is 1060. The van der Waals surface area contributed by atoms with E-state index in [1.54, 1.807) is 36.4 Å². The quantitative estimate of drug-likeness (QED) is 0.233. The molecule has 3 rings (SSSR count). The number of benzene rings is 2. The summed E-state index contributed by atoms with van der Waals surface area (Å²) in [7, 11) is 0. The molecule has 1 aliphatic rings. The van der Waals surface area contributed by atoms with Crippen molar-refractivity contribution in [2.45, 2.75) is 40.0 Å². The smallest absolute Gasteiger partial charge is 0.302 e. The van der Waals surface area contributed by atoms with Gasteiger partial charge in [-0.05, 0) is 56.5 Å². The maximum atomic E-state index is 13.0. The van der Waals surface area contributed by atoms with Crippen LogP contribution in [0.3, 0.4) is 0 Å². The first-order valence-electron chi connectivity index (χ1n) is 11.4. The highest BCUT2D eigenvalue weighted by Gasteiger charge is 2.34. The van der Waals surface area contributed by atoms with Gasteiger partial charge in [0.1, 0.15) is 17.1 Å². The van der Waals surface area contributed by atoms with Crippen molar-refractivity contribution in [3.63, 3.8) is 0 Å². The second-order valence-electron chi connectivity index (χ2n) is 7.83. The van der Waals surface area contributed by atoms with Crippen LogP contribution in [0, 0.1) is 6.92 Å². The summed E-state index contributed by atoms with van der Waals surface area (Å²) in [5, 5.41) is 1.23. The molecule has 0 radical (unpaired) electrons. The van der Waals surface area contributed by atoms with E-state index in [0.29, 0.717) is 55.4 Å². The van der Waals surface area contributed by atoms with Gasteiger partial charge in [0, 0.05) is 18.1 Å². The van der Waals surface area contributed by atoms with E-state index in [0.717, 1.165) is 12.0 Å². The lowest BCUT2D eigenvalue weighted by molar-refractivity contribution is -0.141. The van der Waals surface area contributed by atoms with Crippen LogP contribution in [-0.2, 0) is 19.1 Å². The lowest BCUT2D eigenvalue weighted by Gasteiger charge is -2.16. The van der Waals surface area contributed by atoms with Gasteiger partial charge in [-0.3, -0.25) is 19.8 Å². The third-order valence-electron chi connectivity index (χ3n) is 5.14. The number of ether oxygens (including phenoxy) is 3. The number of amides is 2. The number of esters is 1. The zero-order valence-electron chi connectivity index (χ0n) is 19.8. The maximum Gasteiger partial charge on any atom is 0.302 e. The van der Waals surface area contributed by atoms with Crippen LogP contribution in [0.1, 0.15) is 44.2 Å². The first-order chi connectivity index (χ1) is 16.4. The molecule has 8 heteroatoms. The summed E-state index contributed by atoms with van der Waals surface area (Å²) in [5.74, 6) is 0.00696. The zero-order chi connectivity index (χ0) is 24.5. The summed E-state index contributed by atoms with van der Waals surface area (Å²) in [6.07, 6.45) is 3.74. The molecule has 0 unspecified atom stereocenters. The first kappa shape index (κ1) is 24.8. The molecule has 0 spiro atoms. The van der Waals surface area contributed by atoms with Gasteiger partial charge >= 0.3 is 5.97 Å². The van der Waals surface area contributed by atoms with Crippen LogP contribution in [0.2, 0.25) is 0 Å². The number of nitrogens with zero attached hydrogens (tertiary/aromatic N) is 1. The molecule has 1 heterocycles. The highest BCUT2D eigenvalue weighted by atomic mass is 16.5. The second kappa shape index (κ2) is 11.9. The van der Waals surface area contributed by atoms with E-state index in [2.05, 4.69) is 5.43 Å². The van der Waals surface area contributed by atoms with E-state index in [9.17, 15) is 14.4 Å². The van der Waals surface area contributed by atoms with Crippen molar-refractivity contribution in [2.75, 3.05) is 24.8 Å². The number of carbonyl (C=O) groups is 3. The Balaban J connectivity index is 1.83. The average Bonchev–Trinajstić information content (AvgIpc) is 3.11. The normalized spacial score (nSPS) is 14.3. The molecule has 1 fully saturated rings. The second-order valence-corrected chi connectivity index (χ2v) is 7.83. The number of carbonyl (C=O) groups excluding carboxylic acids is 3. The molecular weight excluding hydrogens is 436 g/mol. The molecule has 0 atom stereocenters. The molecule has 8 nitrogen and oxygen atoms in total. The Morgan fingerprint density at radius 1 is 1.00 bits per heavy atom. The summed E-state index contributed by atoms with van der Waals surface area (Å²) in [6.45, 7) is 6.56. The van der Waals surface area contributed by atoms with Crippen LogP contribution >= 0.6 is 0 Å². The molecule has 1 saturated heterocycles. The summed E-state index contributed by atoms with van der Waals surface area (Å²) in [5.41, 5.74) is 4.60. The van der Waals surface area contributed by atoms with E-state index in [4.69, 9.17) is 14.2 Å². The van der Waals surface area contributed by atoms with Gasteiger partial charge in [-0.15, -0.1) is 0 Å². The number of hydrogen-bond acceptors (Lipinski definition) is 6. The van der Waals surface area contributed by atoms with Crippen LogP contribution in [0.15, 0.2) is 48.0 Å². The van der Waals surface area contributed by atoms with Crippen molar-refractivity contribution in [1.82, 2.24) is 5.43 Å². The minimum atomic E-state index is -0.481. The van der Waals surface area contributed by atoms with E-state index in [-0.39, 0.29) is 11.5 Å². The molecule has 0 aromatic heterocycles. The van der Waals surface area contributed by atoms with Crippen LogP contribution in [-0.4, -0.2) is 37.6 Å². The van der Waals surface area contributed by atoms with Crippen molar-refractivity contribution >= 4 is 29.5 Å². The zero-order valence-corrected chi connectivity index (χ0v) is 19.8. The number of hydrazine groups is 1. The van der Waals surface area contributed by atoms with E-state index >= 15 is 0 Å². The van der Waals surface area contributed by atoms with E-state index in [1.165, 1.54) is 11.9 Å². The van der Waals surface area contributed by atoms with E-state index < -0.39 is 11.8 Å².